The lowest BCUT2D eigenvalue weighted by atomic mass is 9.68. The molecular formula is C52H40N2. The minimum absolute atomic E-state index is 0.0782. The summed E-state index contributed by atoms with van der Waals surface area (Å²) in [5.41, 5.74) is 17.8. The maximum Gasteiger partial charge on any atom is 0.0553 e. The Morgan fingerprint density at radius 1 is 0.407 bits per heavy atom. The molecule has 0 atom stereocenters. The number of rotatable bonds is 4. The van der Waals surface area contributed by atoms with E-state index in [2.05, 4.69) is 207 Å². The van der Waals surface area contributed by atoms with E-state index in [9.17, 15) is 0 Å². The lowest BCUT2D eigenvalue weighted by Crippen LogP contribution is -2.23. The summed E-state index contributed by atoms with van der Waals surface area (Å²) in [6.07, 6.45) is 0. The van der Waals surface area contributed by atoms with Crippen molar-refractivity contribution in [3.63, 3.8) is 0 Å². The van der Waals surface area contributed by atoms with Crippen molar-refractivity contribution in [2.75, 3.05) is 4.90 Å². The van der Waals surface area contributed by atoms with E-state index in [0.29, 0.717) is 0 Å². The van der Waals surface area contributed by atoms with E-state index in [1.165, 1.54) is 77.1 Å². The molecule has 0 saturated carbocycles. The first-order chi connectivity index (χ1) is 26.3. The molecular weight excluding hydrogens is 653 g/mol. The summed E-state index contributed by atoms with van der Waals surface area (Å²) in [6.45, 7) is 9.46. The number of aromatic nitrogens is 1. The molecule has 2 heteroatoms. The van der Waals surface area contributed by atoms with Gasteiger partial charge >= 0.3 is 0 Å². The third-order valence-corrected chi connectivity index (χ3v) is 12.5. The molecule has 54 heavy (non-hydrogen) atoms. The topological polar surface area (TPSA) is 8.17 Å². The van der Waals surface area contributed by atoms with Crippen molar-refractivity contribution >= 4 is 49.6 Å². The largest absolute Gasteiger partial charge is 0.310 e. The zero-order valence-corrected chi connectivity index (χ0v) is 31.1. The molecule has 9 aromatic rings. The van der Waals surface area contributed by atoms with Gasteiger partial charge in [0.1, 0.15) is 0 Å². The molecule has 0 spiro atoms. The Balaban J connectivity index is 1.11. The van der Waals surface area contributed by atoms with Crippen molar-refractivity contribution in [2.45, 2.75) is 38.5 Å². The van der Waals surface area contributed by atoms with Gasteiger partial charge in [0, 0.05) is 49.9 Å². The predicted molar refractivity (Wildman–Crippen MR) is 228 cm³/mol. The van der Waals surface area contributed by atoms with Crippen molar-refractivity contribution < 1.29 is 0 Å². The molecule has 0 saturated heterocycles. The predicted octanol–water partition coefficient (Wildman–Crippen LogP) is 14.0. The summed E-state index contributed by atoms with van der Waals surface area (Å²) in [6, 6.07) is 63.1. The number of hydrogen-bond acceptors (Lipinski definition) is 1. The van der Waals surface area contributed by atoms with E-state index < -0.39 is 0 Å². The summed E-state index contributed by atoms with van der Waals surface area (Å²) < 4.78 is 2.47. The Morgan fingerprint density at radius 2 is 1.00 bits per heavy atom. The minimum Gasteiger partial charge on any atom is -0.310 e. The Morgan fingerprint density at radius 3 is 1.80 bits per heavy atom. The van der Waals surface area contributed by atoms with E-state index in [1.807, 2.05) is 0 Å². The van der Waals surface area contributed by atoms with Gasteiger partial charge in [-0.15, -0.1) is 0 Å². The second-order valence-corrected chi connectivity index (χ2v) is 16.2. The highest BCUT2D eigenvalue weighted by Crippen LogP contribution is 2.54. The van der Waals surface area contributed by atoms with Crippen LogP contribution < -0.4 is 4.90 Å². The van der Waals surface area contributed by atoms with E-state index in [4.69, 9.17) is 0 Å². The molecule has 0 N–H and O–H groups in total. The van der Waals surface area contributed by atoms with Crippen LogP contribution in [-0.4, -0.2) is 4.57 Å². The number of anilines is 3. The van der Waals surface area contributed by atoms with Crippen molar-refractivity contribution in [1.29, 1.82) is 0 Å². The number of nitrogens with zero attached hydrogens (tertiary/aromatic N) is 2. The standard InChI is InChI=1S/C52H40N2/c1-51(2)43-22-12-9-19-40(43)50-48-33(15-14-23-44(48)51)31-47-49(50)41-20-10-13-24-46(41)54(47)36-27-25-35(26-28-36)53(34-16-6-5-7-17-34)37-29-30-39-38-18-8-11-21-42(38)52(3,4)45(39)32-37/h5-32H,1-4H3. The molecule has 2 aliphatic rings. The first-order valence-corrected chi connectivity index (χ1v) is 19.1. The average Bonchev–Trinajstić information content (AvgIpc) is 3.65. The molecule has 2 nitrogen and oxygen atoms in total. The van der Waals surface area contributed by atoms with Gasteiger partial charge in [-0.05, 0) is 110 Å². The SMILES string of the molecule is CC1(C)c2ccccc2-c2ccc(N(c3ccccc3)c3ccc(-n4c5ccccc5c5c6c7c(cccc7cc54)C(C)(C)c4ccccc4-6)cc3)cc21. The molecule has 1 heterocycles. The Labute approximate surface area is 316 Å². The van der Waals surface area contributed by atoms with Gasteiger partial charge in [0.25, 0.3) is 0 Å². The Bertz CT molecular complexity index is 2980. The molecule has 0 amide bonds. The summed E-state index contributed by atoms with van der Waals surface area (Å²) in [5.74, 6) is 0. The Kier molecular flexibility index (Phi) is 6.39. The fourth-order valence-electron chi connectivity index (χ4n) is 9.97. The molecule has 0 fully saturated rings. The van der Waals surface area contributed by atoms with Crippen LogP contribution in [0.5, 0.6) is 0 Å². The summed E-state index contributed by atoms with van der Waals surface area (Å²) in [5, 5.41) is 5.27. The molecule has 1 aromatic heterocycles. The highest BCUT2D eigenvalue weighted by Gasteiger charge is 2.37. The van der Waals surface area contributed by atoms with Gasteiger partial charge in [0.2, 0.25) is 0 Å². The monoisotopic (exact) mass is 692 g/mol. The zero-order valence-electron chi connectivity index (χ0n) is 31.1. The molecule has 11 rings (SSSR count). The maximum absolute atomic E-state index is 2.47. The van der Waals surface area contributed by atoms with Gasteiger partial charge in [0.15, 0.2) is 0 Å². The van der Waals surface area contributed by atoms with Crippen LogP contribution in [0.2, 0.25) is 0 Å². The molecule has 0 radical (unpaired) electrons. The van der Waals surface area contributed by atoms with Crippen LogP contribution >= 0.6 is 0 Å². The van der Waals surface area contributed by atoms with Crippen molar-refractivity contribution in [2.24, 2.45) is 0 Å². The van der Waals surface area contributed by atoms with Crippen LogP contribution in [0.25, 0.3) is 60.5 Å². The third-order valence-electron chi connectivity index (χ3n) is 12.5. The van der Waals surface area contributed by atoms with Gasteiger partial charge in [0.05, 0.1) is 11.0 Å². The van der Waals surface area contributed by atoms with Crippen LogP contribution in [0.3, 0.4) is 0 Å². The molecule has 0 unspecified atom stereocenters. The summed E-state index contributed by atoms with van der Waals surface area (Å²) in [4.78, 5) is 2.40. The smallest absolute Gasteiger partial charge is 0.0553 e. The van der Waals surface area contributed by atoms with Crippen LogP contribution in [0.1, 0.15) is 49.9 Å². The summed E-state index contributed by atoms with van der Waals surface area (Å²) in [7, 11) is 0. The molecule has 8 aromatic carbocycles. The van der Waals surface area contributed by atoms with Gasteiger partial charge in [-0.2, -0.15) is 0 Å². The summed E-state index contributed by atoms with van der Waals surface area (Å²) >= 11 is 0. The van der Waals surface area contributed by atoms with Crippen LogP contribution in [0, 0.1) is 0 Å². The number of hydrogen-bond donors (Lipinski definition) is 0. The van der Waals surface area contributed by atoms with Gasteiger partial charge in [-0.1, -0.05) is 137 Å². The van der Waals surface area contributed by atoms with Gasteiger partial charge in [-0.3, -0.25) is 0 Å². The first kappa shape index (κ1) is 31.2. The fourth-order valence-corrected chi connectivity index (χ4v) is 9.97. The highest BCUT2D eigenvalue weighted by atomic mass is 15.1. The Hall–Kier alpha value is -6.38. The second kappa shape index (κ2) is 11.1. The lowest BCUT2D eigenvalue weighted by Gasteiger charge is -2.35. The number of para-hydroxylation sites is 2. The minimum atomic E-state index is -0.0891. The fraction of sp³-hybridized carbons (Fsp3) is 0.115. The highest BCUT2D eigenvalue weighted by molar-refractivity contribution is 6.24. The normalized spacial score (nSPS) is 14.6. The van der Waals surface area contributed by atoms with E-state index in [1.54, 1.807) is 0 Å². The molecule has 258 valence electrons. The van der Waals surface area contributed by atoms with Gasteiger partial charge < -0.3 is 9.47 Å². The second-order valence-electron chi connectivity index (χ2n) is 16.2. The van der Waals surface area contributed by atoms with Crippen LogP contribution in [-0.2, 0) is 10.8 Å². The number of fused-ring (bicyclic) bond motifs is 9. The number of benzene rings is 8. The quantitative estimate of drug-likeness (QED) is 0.178. The van der Waals surface area contributed by atoms with Crippen LogP contribution in [0.15, 0.2) is 170 Å². The maximum atomic E-state index is 2.47. The molecule has 0 bridgehead atoms. The van der Waals surface area contributed by atoms with Crippen molar-refractivity contribution in [1.82, 2.24) is 4.57 Å². The average molecular weight is 693 g/mol. The zero-order chi connectivity index (χ0) is 36.3. The van der Waals surface area contributed by atoms with E-state index in [-0.39, 0.29) is 10.8 Å². The van der Waals surface area contributed by atoms with E-state index in [0.717, 1.165) is 22.7 Å². The lowest BCUT2D eigenvalue weighted by molar-refractivity contribution is 0.645. The molecule has 0 aliphatic heterocycles. The van der Waals surface area contributed by atoms with Crippen molar-refractivity contribution in [3.8, 4) is 27.9 Å². The van der Waals surface area contributed by atoms with Gasteiger partial charge in [-0.25, -0.2) is 0 Å². The van der Waals surface area contributed by atoms with Crippen molar-refractivity contribution in [3.05, 3.63) is 192 Å². The first-order valence-electron chi connectivity index (χ1n) is 19.1. The van der Waals surface area contributed by atoms with E-state index >= 15 is 0 Å². The van der Waals surface area contributed by atoms with Crippen LogP contribution in [0.4, 0.5) is 17.1 Å². The molecule has 2 aliphatic carbocycles. The third kappa shape index (κ3) is 4.17.